The number of hydrogen-bond acceptors (Lipinski definition) is 4. The molecule has 1 aromatic carbocycles. The van der Waals surface area contributed by atoms with E-state index in [0.717, 1.165) is 24.7 Å². The topological polar surface area (TPSA) is 64.6 Å². The van der Waals surface area contributed by atoms with Crippen molar-refractivity contribution in [3.63, 3.8) is 0 Å². The van der Waals surface area contributed by atoms with Crippen LogP contribution in [0.3, 0.4) is 0 Å². The van der Waals surface area contributed by atoms with Crippen molar-refractivity contribution in [2.24, 2.45) is 0 Å². The number of carbonyl (C=O) groups excluding carboxylic acids is 2. The monoisotopic (exact) mass is 277 g/mol. The molecule has 108 valence electrons. The van der Waals surface area contributed by atoms with E-state index >= 15 is 0 Å². The van der Waals surface area contributed by atoms with E-state index in [9.17, 15) is 9.59 Å². The molecule has 1 aliphatic rings. The van der Waals surface area contributed by atoms with Gasteiger partial charge in [0, 0.05) is 19.3 Å². The lowest BCUT2D eigenvalue weighted by Crippen LogP contribution is -2.41. The first-order valence-electron chi connectivity index (χ1n) is 6.75. The molecule has 0 aliphatic carbocycles. The van der Waals surface area contributed by atoms with E-state index in [1.54, 1.807) is 12.1 Å². The average Bonchev–Trinajstić information content (AvgIpc) is 2.47. The van der Waals surface area contributed by atoms with Gasteiger partial charge in [0.2, 0.25) is 0 Å². The van der Waals surface area contributed by atoms with Crippen molar-refractivity contribution in [2.75, 3.05) is 19.8 Å². The predicted octanol–water partition coefficient (Wildman–Crippen LogP) is 1.48. The summed E-state index contributed by atoms with van der Waals surface area (Å²) in [6.45, 7) is 3.17. The molecular weight excluding hydrogens is 258 g/mol. The summed E-state index contributed by atoms with van der Waals surface area (Å²) in [6.07, 6.45) is 2.39. The summed E-state index contributed by atoms with van der Waals surface area (Å²) in [5.41, 5.74) is 1.44. The van der Waals surface area contributed by atoms with Gasteiger partial charge in [-0.1, -0.05) is 11.6 Å². The molecule has 0 unspecified atom stereocenters. The van der Waals surface area contributed by atoms with Gasteiger partial charge in [-0.05, 0) is 31.9 Å². The van der Waals surface area contributed by atoms with Crippen LogP contribution in [0, 0.1) is 6.92 Å². The summed E-state index contributed by atoms with van der Waals surface area (Å²) in [5, 5.41) is 2.91. The average molecular weight is 277 g/mol. The highest BCUT2D eigenvalue weighted by molar-refractivity contribution is 5.81. The van der Waals surface area contributed by atoms with Gasteiger partial charge in [-0.2, -0.15) is 0 Å². The molecule has 1 fully saturated rings. The van der Waals surface area contributed by atoms with Gasteiger partial charge in [0.15, 0.2) is 12.9 Å². The fraction of sp³-hybridized carbons (Fsp3) is 0.467. The molecule has 1 heterocycles. The Morgan fingerprint density at radius 1 is 1.45 bits per heavy atom. The molecule has 0 aromatic heterocycles. The van der Waals surface area contributed by atoms with E-state index < -0.39 is 0 Å². The number of ether oxygens (including phenoxy) is 2. The van der Waals surface area contributed by atoms with Crippen LogP contribution in [0.2, 0.25) is 0 Å². The summed E-state index contributed by atoms with van der Waals surface area (Å²) in [4.78, 5) is 22.7. The van der Waals surface area contributed by atoms with Crippen molar-refractivity contribution in [2.45, 2.75) is 25.8 Å². The van der Waals surface area contributed by atoms with Crippen LogP contribution in [0.4, 0.5) is 0 Å². The lowest BCUT2D eigenvalue weighted by molar-refractivity contribution is -0.124. The fourth-order valence-corrected chi connectivity index (χ4v) is 2.15. The van der Waals surface area contributed by atoms with Crippen molar-refractivity contribution < 1.29 is 19.1 Å². The van der Waals surface area contributed by atoms with Gasteiger partial charge in [-0.25, -0.2) is 0 Å². The van der Waals surface area contributed by atoms with E-state index in [1.807, 2.05) is 13.0 Å². The van der Waals surface area contributed by atoms with Crippen molar-refractivity contribution in [3.05, 3.63) is 29.3 Å². The van der Waals surface area contributed by atoms with Crippen LogP contribution in [0.15, 0.2) is 18.2 Å². The lowest BCUT2D eigenvalue weighted by atomic mass is 10.1. The minimum absolute atomic E-state index is 0.0821. The van der Waals surface area contributed by atoms with Crippen molar-refractivity contribution >= 4 is 12.2 Å². The maximum Gasteiger partial charge on any atom is 0.258 e. The van der Waals surface area contributed by atoms with Crippen LogP contribution in [0.5, 0.6) is 5.75 Å². The highest BCUT2D eigenvalue weighted by Crippen LogP contribution is 2.18. The second kappa shape index (κ2) is 7.05. The van der Waals surface area contributed by atoms with Gasteiger partial charge in [-0.3, -0.25) is 9.59 Å². The largest absolute Gasteiger partial charge is 0.483 e. The second-order valence-electron chi connectivity index (χ2n) is 4.90. The quantitative estimate of drug-likeness (QED) is 0.828. The zero-order valence-corrected chi connectivity index (χ0v) is 11.6. The van der Waals surface area contributed by atoms with Gasteiger partial charge < -0.3 is 14.8 Å². The van der Waals surface area contributed by atoms with Gasteiger partial charge in [0.1, 0.15) is 5.75 Å². The number of nitrogens with one attached hydrogen (secondary N) is 1. The molecule has 1 amide bonds. The van der Waals surface area contributed by atoms with Crippen LogP contribution in [-0.4, -0.2) is 38.1 Å². The van der Waals surface area contributed by atoms with E-state index in [1.165, 1.54) is 0 Å². The molecule has 20 heavy (non-hydrogen) atoms. The molecule has 1 N–H and O–H groups in total. The molecule has 1 aromatic rings. The number of benzene rings is 1. The molecular formula is C15H19NO4. The third kappa shape index (κ3) is 4.06. The third-order valence-corrected chi connectivity index (χ3v) is 3.24. The van der Waals surface area contributed by atoms with Crippen LogP contribution in [0.1, 0.15) is 28.8 Å². The zero-order valence-electron chi connectivity index (χ0n) is 11.6. The number of hydrogen-bond donors (Lipinski definition) is 1. The SMILES string of the molecule is Cc1ccc(OCC(=O)NC2CCOCC2)c(C=O)c1. The summed E-state index contributed by atoms with van der Waals surface area (Å²) >= 11 is 0. The minimum atomic E-state index is -0.172. The minimum Gasteiger partial charge on any atom is -0.483 e. The molecule has 2 rings (SSSR count). The summed E-state index contributed by atoms with van der Waals surface area (Å²) in [5.74, 6) is 0.266. The number of aryl methyl sites for hydroxylation is 1. The standard InChI is InChI=1S/C15H19NO4/c1-11-2-3-14(12(8-11)9-17)20-10-15(18)16-13-4-6-19-7-5-13/h2-3,8-9,13H,4-7,10H2,1H3,(H,16,18). The molecule has 1 saturated heterocycles. The number of carbonyl (C=O) groups is 2. The molecule has 0 saturated carbocycles. The van der Waals surface area contributed by atoms with E-state index in [0.29, 0.717) is 24.5 Å². The van der Waals surface area contributed by atoms with Crippen molar-refractivity contribution in [1.29, 1.82) is 0 Å². The Labute approximate surface area is 118 Å². The number of rotatable bonds is 5. The van der Waals surface area contributed by atoms with Crippen LogP contribution in [-0.2, 0) is 9.53 Å². The summed E-state index contributed by atoms with van der Waals surface area (Å²) in [6, 6.07) is 5.45. The Hall–Kier alpha value is -1.88. The van der Waals surface area contributed by atoms with Gasteiger partial charge >= 0.3 is 0 Å². The Morgan fingerprint density at radius 2 is 2.20 bits per heavy atom. The maximum absolute atomic E-state index is 11.8. The highest BCUT2D eigenvalue weighted by Gasteiger charge is 2.16. The van der Waals surface area contributed by atoms with Crippen molar-refractivity contribution in [1.82, 2.24) is 5.32 Å². The van der Waals surface area contributed by atoms with Gasteiger partial charge in [0.05, 0.1) is 5.56 Å². The number of amides is 1. The van der Waals surface area contributed by atoms with E-state index in [4.69, 9.17) is 9.47 Å². The molecule has 5 heteroatoms. The van der Waals surface area contributed by atoms with Gasteiger partial charge in [0.25, 0.3) is 5.91 Å². The van der Waals surface area contributed by atoms with Gasteiger partial charge in [-0.15, -0.1) is 0 Å². The van der Waals surface area contributed by atoms with E-state index in [2.05, 4.69) is 5.32 Å². The molecule has 0 bridgehead atoms. The first-order valence-corrected chi connectivity index (χ1v) is 6.75. The Morgan fingerprint density at radius 3 is 2.90 bits per heavy atom. The summed E-state index contributed by atoms with van der Waals surface area (Å²) in [7, 11) is 0. The lowest BCUT2D eigenvalue weighted by Gasteiger charge is -2.23. The van der Waals surface area contributed by atoms with E-state index in [-0.39, 0.29) is 18.6 Å². The van der Waals surface area contributed by atoms with Crippen LogP contribution >= 0.6 is 0 Å². The normalized spacial score (nSPS) is 15.7. The zero-order chi connectivity index (χ0) is 14.4. The third-order valence-electron chi connectivity index (χ3n) is 3.24. The van der Waals surface area contributed by atoms with Crippen LogP contribution < -0.4 is 10.1 Å². The number of aldehydes is 1. The molecule has 1 aliphatic heterocycles. The molecule has 5 nitrogen and oxygen atoms in total. The predicted molar refractivity (Wildman–Crippen MR) is 74.0 cm³/mol. The van der Waals surface area contributed by atoms with Crippen molar-refractivity contribution in [3.8, 4) is 5.75 Å². The second-order valence-corrected chi connectivity index (χ2v) is 4.90. The smallest absolute Gasteiger partial charge is 0.258 e. The summed E-state index contributed by atoms with van der Waals surface area (Å²) < 4.78 is 10.6. The Kier molecular flexibility index (Phi) is 5.12. The fourth-order valence-electron chi connectivity index (χ4n) is 2.15. The first-order chi connectivity index (χ1) is 9.69. The maximum atomic E-state index is 11.8. The Balaban J connectivity index is 1.85. The first kappa shape index (κ1) is 14.5. The molecule has 0 atom stereocenters. The Bertz CT molecular complexity index is 481. The molecule has 0 spiro atoms. The highest BCUT2D eigenvalue weighted by atomic mass is 16.5. The molecule has 0 radical (unpaired) electrons. The van der Waals surface area contributed by atoms with Crippen LogP contribution in [0.25, 0.3) is 0 Å².